The fourth-order valence-electron chi connectivity index (χ4n) is 1.66. The van der Waals surface area contributed by atoms with Crippen LogP contribution >= 0.6 is 11.6 Å². The number of nitrogens with two attached hydrogens (primary N) is 1. The first-order valence-corrected chi connectivity index (χ1v) is 6.47. The predicted octanol–water partition coefficient (Wildman–Crippen LogP) is 3.02. The van der Waals surface area contributed by atoms with E-state index in [2.05, 4.69) is 15.2 Å². The van der Waals surface area contributed by atoms with Crippen molar-refractivity contribution < 1.29 is 4.74 Å². The molecule has 19 heavy (non-hydrogen) atoms. The Bertz CT molecular complexity index is 589. The quantitative estimate of drug-likeness (QED) is 0.870. The molecule has 6 heteroatoms. The van der Waals surface area contributed by atoms with Crippen molar-refractivity contribution >= 4 is 17.3 Å². The summed E-state index contributed by atoms with van der Waals surface area (Å²) in [6.45, 7) is 4.03. The van der Waals surface area contributed by atoms with Gasteiger partial charge in [-0.2, -0.15) is 4.98 Å². The van der Waals surface area contributed by atoms with E-state index in [1.165, 1.54) is 0 Å². The van der Waals surface area contributed by atoms with Gasteiger partial charge in [0, 0.05) is 11.1 Å². The molecule has 0 aliphatic rings. The van der Waals surface area contributed by atoms with Crippen molar-refractivity contribution in [2.45, 2.75) is 26.7 Å². The van der Waals surface area contributed by atoms with Gasteiger partial charge in [0.1, 0.15) is 0 Å². The molecule has 2 N–H and O–H groups in total. The van der Waals surface area contributed by atoms with Crippen LogP contribution in [0.15, 0.2) is 18.2 Å². The second-order valence-corrected chi connectivity index (χ2v) is 4.42. The molecular weight excluding hydrogens is 264 g/mol. The van der Waals surface area contributed by atoms with Crippen molar-refractivity contribution in [3.63, 3.8) is 0 Å². The second-order valence-electron chi connectivity index (χ2n) is 3.98. The molecule has 1 aromatic heterocycles. The Morgan fingerprint density at radius 2 is 1.89 bits per heavy atom. The third-order valence-corrected chi connectivity index (χ3v) is 2.90. The van der Waals surface area contributed by atoms with Crippen LogP contribution in [0, 0.1) is 0 Å². The van der Waals surface area contributed by atoms with Gasteiger partial charge in [-0.1, -0.05) is 30.5 Å². The van der Waals surface area contributed by atoms with Crippen LogP contribution in [0.25, 0.3) is 0 Å². The number of aromatic nitrogens is 3. The van der Waals surface area contributed by atoms with Gasteiger partial charge in [-0.05, 0) is 25.0 Å². The van der Waals surface area contributed by atoms with Gasteiger partial charge in [-0.15, -0.1) is 5.10 Å². The molecule has 0 fully saturated rings. The molecule has 5 nitrogen and oxygen atoms in total. The van der Waals surface area contributed by atoms with Gasteiger partial charge in [0.2, 0.25) is 0 Å². The van der Waals surface area contributed by atoms with Crippen LogP contribution in [0.5, 0.6) is 11.8 Å². The van der Waals surface area contributed by atoms with Crippen LogP contribution < -0.4 is 10.5 Å². The van der Waals surface area contributed by atoms with E-state index in [9.17, 15) is 0 Å². The van der Waals surface area contributed by atoms with Gasteiger partial charge in [0.25, 0.3) is 0 Å². The summed E-state index contributed by atoms with van der Waals surface area (Å²) in [6, 6.07) is 5.18. The molecule has 1 heterocycles. The highest BCUT2D eigenvalue weighted by Crippen LogP contribution is 2.28. The Hall–Kier alpha value is -1.88. The van der Waals surface area contributed by atoms with Crippen LogP contribution in [0.2, 0.25) is 5.02 Å². The van der Waals surface area contributed by atoms with Crippen molar-refractivity contribution in [1.29, 1.82) is 0 Å². The lowest BCUT2D eigenvalue weighted by Crippen LogP contribution is -2.05. The molecule has 1 aromatic carbocycles. The van der Waals surface area contributed by atoms with E-state index in [0.29, 0.717) is 16.5 Å². The Morgan fingerprint density at radius 1 is 1.16 bits per heavy atom. The average molecular weight is 279 g/mol. The summed E-state index contributed by atoms with van der Waals surface area (Å²) in [4.78, 5) is 4.33. The molecule has 2 aromatic rings. The first-order valence-electron chi connectivity index (χ1n) is 6.09. The monoisotopic (exact) mass is 278 g/mol. The standard InChI is InChI=1S/C13H15ClN4O/c1-3-10-11(4-2)17-18-13(16-10)19-12-7-8(14)5-6-9(12)15/h5-7H,3-4,15H2,1-2H3. The molecule has 0 atom stereocenters. The van der Waals surface area contributed by atoms with E-state index in [-0.39, 0.29) is 6.01 Å². The van der Waals surface area contributed by atoms with E-state index in [4.69, 9.17) is 22.1 Å². The number of halogens is 1. The largest absolute Gasteiger partial charge is 0.421 e. The Kier molecular flexibility index (Phi) is 4.16. The first-order chi connectivity index (χ1) is 9.13. The summed E-state index contributed by atoms with van der Waals surface area (Å²) in [7, 11) is 0. The normalized spacial score (nSPS) is 10.5. The lowest BCUT2D eigenvalue weighted by Gasteiger charge is -2.08. The summed E-state index contributed by atoms with van der Waals surface area (Å²) >= 11 is 5.90. The van der Waals surface area contributed by atoms with E-state index in [1.54, 1.807) is 18.2 Å². The maximum absolute atomic E-state index is 5.90. The number of hydrogen-bond donors (Lipinski definition) is 1. The SMILES string of the molecule is CCc1nnc(Oc2cc(Cl)ccc2N)nc1CC. The lowest BCUT2D eigenvalue weighted by molar-refractivity contribution is 0.430. The number of nitrogen functional groups attached to an aromatic ring is 1. The average Bonchev–Trinajstić information content (AvgIpc) is 2.42. The molecule has 2 rings (SSSR count). The molecule has 0 saturated heterocycles. The van der Waals surface area contributed by atoms with E-state index >= 15 is 0 Å². The number of benzene rings is 1. The van der Waals surface area contributed by atoms with Crippen molar-refractivity contribution in [2.75, 3.05) is 5.73 Å². The number of hydrogen-bond acceptors (Lipinski definition) is 5. The van der Waals surface area contributed by atoms with Crippen molar-refractivity contribution in [3.8, 4) is 11.8 Å². The molecule has 0 saturated carbocycles. The molecule has 0 unspecified atom stereocenters. The van der Waals surface area contributed by atoms with Crippen LogP contribution in [0.3, 0.4) is 0 Å². The molecule has 0 aliphatic heterocycles. The summed E-state index contributed by atoms with van der Waals surface area (Å²) in [5, 5.41) is 8.59. The van der Waals surface area contributed by atoms with Gasteiger partial charge in [-0.25, -0.2) is 0 Å². The smallest absolute Gasteiger partial charge is 0.341 e. The highest BCUT2D eigenvalue weighted by molar-refractivity contribution is 6.30. The summed E-state index contributed by atoms with van der Waals surface area (Å²) in [6.07, 6.45) is 1.57. The maximum atomic E-state index is 5.90. The minimum absolute atomic E-state index is 0.183. The molecule has 0 radical (unpaired) electrons. The fraction of sp³-hybridized carbons (Fsp3) is 0.308. The lowest BCUT2D eigenvalue weighted by atomic mass is 10.2. The molecule has 0 aliphatic carbocycles. The van der Waals surface area contributed by atoms with Crippen molar-refractivity contribution in [3.05, 3.63) is 34.6 Å². The Labute approximate surface area is 116 Å². The van der Waals surface area contributed by atoms with Crippen molar-refractivity contribution in [2.24, 2.45) is 0 Å². The van der Waals surface area contributed by atoms with E-state index in [1.807, 2.05) is 13.8 Å². The summed E-state index contributed by atoms with van der Waals surface area (Å²) < 4.78 is 5.54. The number of nitrogens with zero attached hydrogens (tertiary/aromatic N) is 3. The van der Waals surface area contributed by atoms with Crippen LogP contribution in [0.4, 0.5) is 5.69 Å². The third kappa shape index (κ3) is 3.12. The minimum Gasteiger partial charge on any atom is -0.421 e. The van der Waals surface area contributed by atoms with Crippen LogP contribution in [-0.4, -0.2) is 15.2 Å². The zero-order valence-corrected chi connectivity index (χ0v) is 11.6. The maximum Gasteiger partial charge on any atom is 0.341 e. The summed E-state index contributed by atoms with van der Waals surface area (Å²) in [5.41, 5.74) is 8.05. The zero-order valence-electron chi connectivity index (χ0n) is 10.9. The minimum atomic E-state index is 0.183. The van der Waals surface area contributed by atoms with Crippen LogP contribution in [0.1, 0.15) is 25.2 Å². The fourth-order valence-corrected chi connectivity index (χ4v) is 1.82. The molecule has 0 amide bonds. The molecule has 0 spiro atoms. The Morgan fingerprint density at radius 3 is 2.58 bits per heavy atom. The number of aryl methyl sites for hydroxylation is 2. The van der Waals surface area contributed by atoms with Gasteiger partial charge in [0.05, 0.1) is 17.1 Å². The third-order valence-electron chi connectivity index (χ3n) is 2.67. The van der Waals surface area contributed by atoms with Gasteiger partial charge >= 0.3 is 6.01 Å². The number of ether oxygens (including phenoxy) is 1. The van der Waals surface area contributed by atoms with Gasteiger partial charge < -0.3 is 10.5 Å². The number of anilines is 1. The van der Waals surface area contributed by atoms with Crippen molar-refractivity contribution in [1.82, 2.24) is 15.2 Å². The molecule has 0 bridgehead atoms. The van der Waals surface area contributed by atoms with Gasteiger partial charge in [0.15, 0.2) is 5.75 Å². The van der Waals surface area contributed by atoms with E-state index in [0.717, 1.165) is 24.2 Å². The zero-order chi connectivity index (χ0) is 13.8. The predicted molar refractivity (Wildman–Crippen MR) is 74.5 cm³/mol. The topological polar surface area (TPSA) is 73.9 Å². The first kappa shape index (κ1) is 13.5. The second kappa shape index (κ2) is 5.84. The van der Waals surface area contributed by atoms with Gasteiger partial charge in [-0.3, -0.25) is 0 Å². The Balaban J connectivity index is 2.30. The van der Waals surface area contributed by atoms with Crippen LogP contribution in [-0.2, 0) is 12.8 Å². The molecular formula is C13H15ClN4O. The highest BCUT2D eigenvalue weighted by Gasteiger charge is 2.09. The molecule has 100 valence electrons. The highest BCUT2D eigenvalue weighted by atomic mass is 35.5. The number of rotatable bonds is 4. The summed E-state index contributed by atoms with van der Waals surface area (Å²) in [5.74, 6) is 0.431. The van der Waals surface area contributed by atoms with E-state index < -0.39 is 0 Å².